The lowest BCUT2D eigenvalue weighted by molar-refractivity contribution is 0.356. The lowest BCUT2D eigenvalue weighted by Gasteiger charge is -2.11. The molecule has 2 heterocycles. The number of benzene rings is 2. The van der Waals surface area contributed by atoms with E-state index in [2.05, 4.69) is 31.4 Å². The van der Waals surface area contributed by atoms with E-state index in [1.165, 1.54) is 0 Å². The van der Waals surface area contributed by atoms with Crippen LogP contribution in [-0.2, 0) is 6.54 Å². The Balaban J connectivity index is 1.80. The van der Waals surface area contributed by atoms with Crippen LogP contribution in [0.2, 0.25) is 0 Å². The van der Waals surface area contributed by atoms with Gasteiger partial charge in [-0.25, -0.2) is 4.98 Å². The van der Waals surface area contributed by atoms with Crippen LogP contribution in [0.4, 0.5) is 5.69 Å². The van der Waals surface area contributed by atoms with Gasteiger partial charge < -0.3 is 18.8 Å². The Labute approximate surface area is 160 Å². The zero-order valence-corrected chi connectivity index (χ0v) is 15.8. The van der Waals surface area contributed by atoms with Gasteiger partial charge >= 0.3 is 0 Å². The normalized spacial score (nSPS) is 11.1. The third kappa shape index (κ3) is 3.24. The summed E-state index contributed by atoms with van der Waals surface area (Å²) in [5, 5.41) is 6.41. The molecule has 138 valence electrons. The molecule has 0 aliphatic heterocycles. The summed E-state index contributed by atoms with van der Waals surface area (Å²) in [7, 11) is 3.25. The van der Waals surface area contributed by atoms with Gasteiger partial charge in [0.2, 0.25) is 0 Å². The van der Waals surface area contributed by atoms with Crippen molar-refractivity contribution < 1.29 is 9.47 Å². The van der Waals surface area contributed by atoms with Crippen molar-refractivity contribution in [2.24, 2.45) is 5.14 Å². The molecular formula is C19H19N5O2S. The molecule has 0 fully saturated rings. The molecule has 0 saturated carbocycles. The van der Waals surface area contributed by atoms with Crippen molar-refractivity contribution in [2.45, 2.75) is 6.54 Å². The number of methoxy groups -OCH3 is 2. The van der Waals surface area contributed by atoms with E-state index < -0.39 is 0 Å². The molecule has 7 nitrogen and oxygen atoms in total. The number of hydrogen-bond donors (Lipinski definition) is 2. The zero-order chi connectivity index (χ0) is 18.8. The molecule has 4 rings (SSSR count). The molecule has 0 unspecified atom stereocenters. The quantitative estimate of drug-likeness (QED) is 0.494. The second-order valence-corrected chi connectivity index (χ2v) is 6.45. The number of imidazole rings is 1. The van der Waals surface area contributed by atoms with Crippen LogP contribution in [-0.4, -0.2) is 28.8 Å². The molecule has 27 heavy (non-hydrogen) atoms. The number of nitrogens with two attached hydrogens (primary N) is 1. The lowest BCUT2D eigenvalue weighted by Crippen LogP contribution is -2.00. The molecule has 2 aromatic heterocycles. The van der Waals surface area contributed by atoms with Crippen LogP contribution in [0.5, 0.6) is 11.5 Å². The maximum absolute atomic E-state index is 5.46. The first-order chi connectivity index (χ1) is 13.2. The van der Waals surface area contributed by atoms with Gasteiger partial charge in [-0.1, -0.05) is 12.1 Å². The summed E-state index contributed by atoms with van der Waals surface area (Å²) in [6, 6.07) is 12.0. The molecule has 0 saturated heterocycles. The molecule has 0 spiro atoms. The van der Waals surface area contributed by atoms with Crippen LogP contribution in [0.3, 0.4) is 0 Å². The van der Waals surface area contributed by atoms with Crippen LogP contribution in [0.15, 0.2) is 48.9 Å². The largest absolute Gasteiger partial charge is 0.493 e. The van der Waals surface area contributed by atoms with Gasteiger partial charge in [0.05, 0.1) is 37.8 Å². The maximum Gasteiger partial charge on any atom is 0.162 e. The first kappa shape index (κ1) is 17.4. The van der Waals surface area contributed by atoms with Crippen LogP contribution in [0, 0.1) is 0 Å². The molecule has 0 aliphatic rings. The number of pyridine rings is 1. The predicted octanol–water partition coefficient (Wildman–Crippen LogP) is 3.58. The summed E-state index contributed by atoms with van der Waals surface area (Å²) in [6.45, 7) is 0.694. The fraction of sp³-hybridized carbons (Fsp3) is 0.158. The Morgan fingerprint density at radius 2 is 1.78 bits per heavy atom. The van der Waals surface area contributed by atoms with Gasteiger partial charge in [-0.15, -0.1) is 0 Å². The molecular weight excluding hydrogens is 362 g/mol. The van der Waals surface area contributed by atoms with Crippen molar-refractivity contribution in [3.63, 3.8) is 0 Å². The fourth-order valence-electron chi connectivity index (χ4n) is 3.14. The van der Waals surface area contributed by atoms with Crippen molar-refractivity contribution in [3.8, 4) is 11.5 Å². The Morgan fingerprint density at radius 3 is 2.48 bits per heavy atom. The van der Waals surface area contributed by atoms with Gasteiger partial charge in [0, 0.05) is 35.8 Å². The van der Waals surface area contributed by atoms with E-state index in [4.69, 9.17) is 14.6 Å². The first-order valence-corrected chi connectivity index (χ1v) is 9.17. The number of anilines is 1. The van der Waals surface area contributed by atoms with Gasteiger partial charge in [-0.3, -0.25) is 10.1 Å². The first-order valence-electron chi connectivity index (χ1n) is 8.29. The van der Waals surface area contributed by atoms with Crippen LogP contribution >= 0.6 is 12.1 Å². The Hall–Kier alpha value is -2.97. The second kappa shape index (κ2) is 7.34. The van der Waals surface area contributed by atoms with Crippen LogP contribution in [0.25, 0.3) is 21.9 Å². The number of nitrogens with one attached hydrogen (secondary N) is 1. The maximum atomic E-state index is 5.46. The molecule has 4 aromatic rings. The summed E-state index contributed by atoms with van der Waals surface area (Å²) in [4.78, 5) is 9.02. The van der Waals surface area contributed by atoms with E-state index >= 15 is 0 Å². The summed E-state index contributed by atoms with van der Waals surface area (Å²) >= 11 is 1.08. The number of aromatic nitrogens is 3. The summed E-state index contributed by atoms with van der Waals surface area (Å²) in [5.41, 5.74) is 4.81. The molecule has 0 atom stereocenters. The molecule has 2 aromatic carbocycles. The highest BCUT2D eigenvalue weighted by atomic mass is 32.2. The number of hydrogen-bond acceptors (Lipinski definition) is 7. The minimum atomic E-state index is 0.656. The highest BCUT2D eigenvalue weighted by Gasteiger charge is 2.13. The molecule has 0 bridgehead atoms. The third-order valence-electron chi connectivity index (χ3n) is 4.43. The monoisotopic (exact) mass is 381 g/mol. The molecule has 8 heteroatoms. The van der Waals surface area contributed by atoms with Crippen LogP contribution in [0.1, 0.15) is 5.56 Å². The van der Waals surface area contributed by atoms with E-state index in [1.807, 2.05) is 30.6 Å². The Bertz CT molecular complexity index is 1090. The highest BCUT2D eigenvalue weighted by molar-refractivity contribution is 7.98. The van der Waals surface area contributed by atoms with Crippen molar-refractivity contribution >= 4 is 39.8 Å². The standard InChI is InChI=1S/C19H19N5O2S/c1-25-17-7-14-15(8-18(17)26-2)21-9-16-19(14)24(11-22-16)10-12-3-5-13(6-4-12)23-27-20/h3-9,11,23H,10,20H2,1-2H3. The van der Waals surface area contributed by atoms with E-state index in [-0.39, 0.29) is 0 Å². The molecule has 0 amide bonds. The van der Waals surface area contributed by atoms with E-state index in [9.17, 15) is 0 Å². The van der Waals surface area contributed by atoms with Gasteiger partial charge in [0.25, 0.3) is 0 Å². The highest BCUT2D eigenvalue weighted by Crippen LogP contribution is 2.34. The van der Waals surface area contributed by atoms with Gasteiger partial charge in [0.1, 0.15) is 5.52 Å². The minimum Gasteiger partial charge on any atom is -0.493 e. The van der Waals surface area contributed by atoms with Gasteiger partial charge in [-0.2, -0.15) is 0 Å². The minimum absolute atomic E-state index is 0.656. The second-order valence-electron chi connectivity index (χ2n) is 6.01. The Morgan fingerprint density at radius 1 is 1.04 bits per heavy atom. The molecule has 0 radical (unpaired) electrons. The number of rotatable bonds is 6. The average molecular weight is 381 g/mol. The smallest absolute Gasteiger partial charge is 0.162 e. The van der Waals surface area contributed by atoms with E-state index in [0.29, 0.717) is 18.0 Å². The number of nitrogens with zero attached hydrogens (tertiary/aromatic N) is 3. The SMILES string of the molecule is COc1cc2ncc3ncn(Cc4ccc(NSN)cc4)c3c2cc1OC. The summed E-state index contributed by atoms with van der Waals surface area (Å²) in [6.07, 6.45) is 3.62. The number of fused-ring (bicyclic) bond motifs is 3. The van der Waals surface area contributed by atoms with Crippen molar-refractivity contribution in [3.05, 3.63) is 54.5 Å². The Kier molecular flexibility index (Phi) is 4.74. The summed E-state index contributed by atoms with van der Waals surface area (Å²) < 4.78 is 16.0. The third-order valence-corrected chi connectivity index (χ3v) is 4.79. The van der Waals surface area contributed by atoms with Gasteiger partial charge in [0.15, 0.2) is 11.5 Å². The van der Waals surface area contributed by atoms with Crippen LogP contribution < -0.4 is 19.3 Å². The summed E-state index contributed by atoms with van der Waals surface area (Å²) in [5.74, 6) is 1.32. The predicted molar refractivity (Wildman–Crippen MR) is 109 cm³/mol. The topological polar surface area (TPSA) is 87.2 Å². The van der Waals surface area contributed by atoms with E-state index in [1.54, 1.807) is 20.4 Å². The van der Waals surface area contributed by atoms with E-state index in [0.717, 1.165) is 45.3 Å². The van der Waals surface area contributed by atoms with Crippen molar-refractivity contribution in [1.29, 1.82) is 0 Å². The molecule has 3 N–H and O–H groups in total. The van der Waals surface area contributed by atoms with Crippen molar-refractivity contribution in [2.75, 3.05) is 18.9 Å². The lowest BCUT2D eigenvalue weighted by atomic mass is 10.1. The average Bonchev–Trinajstić information content (AvgIpc) is 3.11. The molecule has 0 aliphatic carbocycles. The zero-order valence-electron chi connectivity index (χ0n) is 15.0. The number of ether oxygens (including phenoxy) is 2. The fourth-order valence-corrected chi connectivity index (χ4v) is 3.42. The van der Waals surface area contributed by atoms with Crippen molar-refractivity contribution in [1.82, 2.24) is 14.5 Å². The van der Waals surface area contributed by atoms with Gasteiger partial charge in [-0.05, 0) is 23.8 Å².